The Morgan fingerprint density at radius 3 is 2.76 bits per heavy atom. The highest BCUT2D eigenvalue weighted by Gasteiger charge is 2.27. The second-order valence-corrected chi connectivity index (χ2v) is 7.43. The molecule has 0 amide bonds. The molecule has 1 aromatic carbocycles. The van der Waals surface area contributed by atoms with Gasteiger partial charge in [-0.2, -0.15) is 0 Å². The average Bonchev–Trinajstić information content (AvgIpc) is 2.42. The van der Waals surface area contributed by atoms with Crippen molar-refractivity contribution in [1.82, 2.24) is 9.71 Å². The number of pyridine rings is 1. The van der Waals surface area contributed by atoms with Crippen LogP contribution in [0.1, 0.15) is 17.0 Å². The summed E-state index contributed by atoms with van der Waals surface area (Å²) in [5, 5.41) is 0.206. The number of hydrogen-bond acceptors (Lipinski definition) is 3. The Labute approximate surface area is 133 Å². The molecule has 1 N–H and O–H groups in total. The van der Waals surface area contributed by atoms with E-state index in [0.29, 0.717) is 6.54 Å². The molecule has 4 nitrogen and oxygen atoms in total. The molecule has 1 aromatic heterocycles. The molecule has 1 unspecified atom stereocenters. The van der Waals surface area contributed by atoms with Gasteiger partial charge in [-0.3, -0.25) is 0 Å². The first-order chi connectivity index (χ1) is 9.97. The van der Waals surface area contributed by atoms with Crippen molar-refractivity contribution >= 4 is 33.2 Å². The number of rotatable bonds is 4. The molecule has 0 saturated heterocycles. The minimum Gasteiger partial charge on any atom is -0.242 e. The normalized spacial score (nSPS) is 17.1. The Balaban J connectivity index is 1.72. The summed E-state index contributed by atoms with van der Waals surface area (Å²) in [6, 6.07) is 9.33. The number of nitrogens with one attached hydrogen (secondary N) is 1. The van der Waals surface area contributed by atoms with Gasteiger partial charge >= 0.3 is 0 Å². The fourth-order valence-electron chi connectivity index (χ4n) is 2.39. The largest absolute Gasteiger partial charge is 0.242 e. The van der Waals surface area contributed by atoms with Crippen molar-refractivity contribution in [3.63, 3.8) is 0 Å². The quantitative estimate of drug-likeness (QED) is 0.869. The Hall–Kier alpha value is -1.14. The van der Waals surface area contributed by atoms with E-state index >= 15 is 0 Å². The zero-order valence-electron chi connectivity index (χ0n) is 10.9. The predicted octanol–water partition coefficient (Wildman–Crippen LogP) is 3.01. The van der Waals surface area contributed by atoms with E-state index in [4.69, 9.17) is 23.2 Å². The van der Waals surface area contributed by atoms with Crippen LogP contribution in [0.3, 0.4) is 0 Å². The maximum Gasteiger partial charge on any atom is 0.242 e. The van der Waals surface area contributed by atoms with E-state index in [2.05, 4.69) is 15.8 Å². The van der Waals surface area contributed by atoms with Gasteiger partial charge in [0.1, 0.15) is 10.0 Å². The molecule has 1 aliphatic carbocycles. The van der Waals surface area contributed by atoms with Crippen LogP contribution in [0, 0.1) is 0 Å². The van der Waals surface area contributed by atoms with Crippen molar-refractivity contribution in [3.8, 4) is 0 Å². The van der Waals surface area contributed by atoms with Crippen molar-refractivity contribution < 1.29 is 8.42 Å². The van der Waals surface area contributed by atoms with Crippen molar-refractivity contribution in [2.24, 2.45) is 0 Å². The van der Waals surface area contributed by atoms with E-state index in [-0.39, 0.29) is 21.0 Å². The SMILES string of the molecule is O=S(=O)(NCC1Cc2ccccc21)c1cnc(Cl)c(Cl)c1. The zero-order valence-corrected chi connectivity index (χ0v) is 13.2. The molecule has 21 heavy (non-hydrogen) atoms. The molecule has 1 atom stereocenters. The summed E-state index contributed by atoms with van der Waals surface area (Å²) in [4.78, 5) is 3.77. The smallest absolute Gasteiger partial charge is 0.242 e. The monoisotopic (exact) mass is 342 g/mol. The van der Waals surface area contributed by atoms with Crippen LogP contribution in [0.2, 0.25) is 10.2 Å². The molecule has 1 aliphatic rings. The molecule has 3 rings (SSSR count). The van der Waals surface area contributed by atoms with Gasteiger partial charge in [0.05, 0.1) is 5.02 Å². The number of halogens is 2. The average molecular weight is 343 g/mol. The predicted molar refractivity (Wildman–Crippen MR) is 82.3 cm³/mol. The zero-order chi connectivity index (χ0) is 15.0. The molecular formula is C14H12Cl2N2O2S. The first-order valence-electron chi connectivity index (χ1n) is 6.36. The maximum atomic E-state index is 12.2. The molecule has 0 radical (unpaired) electrons. The first-order valence-corrected chi connectivity index (χ1v) is 8.60. The Morgan fingerprint density at radius 2 is 2.05 bits per heavy atom. The Bertz CT molecular complexity index is 793. The summed E-state index contributed by atoms with van der Waals surface area (Å²) in [6.07, 6.45) is 2.09. The second kappa shape index (κ2) is 5.57. The van der Waals surface area contributed by atoms with E-state index in [0.717, 1.165) is 6.42 Å². The van der Waals surface area contributed by atoms with Gasteiger partial charge in [-0.1, -0.05) is 47.5 Å². The summed E-state index contributed by atoms with van der Waals surface area (Å²) in [6.45, 7) is 0.361. The highest BCUT2D eigenvalue weighted by molar-refractivity contribution is 7.89. The first kappa shape index (κ1) is 14.8. The Morgan fingerprint density at radius 1 is 1.29 bits per heavy atom. The Kier molecular flexibility index (Phi) is 3.92. The van der Waals surface area contributed by atoms with Crippen LogP contribution < -0.4 is 4.72 Å². The minimum atomic E-state index is -3.63. The summed E-state index contributed by atoms with van der Waals surface area (Å²) >= 11 is 11.5. The molecule has 0 spiro atoms. The third-order valence-corrected chi connectivity index (χ3v) is 5.64. The summed E-state index contributed by atoms with van der Waals surface area (Å²) in [7, 11) is -3.63. The van der Waals surface area contributed by atoms with Gasteiger partial charge < -0.3 is 0 Å². The van der Waals surface area contributed by atoms with Crippen LogP contribution >= 0.6 is 23.2 Å². The number of fused-ring (bicyclic) bond motifs is 1. The number of benzene rings is 1. The van der Waals surface area contributed by atoms with Gasteiger partial charge in [-0.25, -0.2) is 18.1 Å². The second-order valence-electron chi connectivity index (χ2n) is 4.90. The van der Waals surface area contributed by atoms with Gasteiger partial charge in [0.25, 0.3) is 0 Å². The number of aromatic nitrogens is 1. The van der Waals surface area contributed by atoms with E-state index in [1.165, 1.54) is 23.4 Å². The van der Waals surface area contributed by atoms with Gasteiger partial charge in [0.15, 0.2) is 0 Å². The molecule has 0 fully saturated rings. The minimum absolute atomic E-state index is 0.0181. The van der Waals surface area contributed by atoms with Crippen molar-refractivity contribution in [3.05, 3.63) is 57.8 Å². The van der Waals surface area contributed by atoms with E-state index in [1.807, 2.05) is 18.2 Å². The topological polar surface area (TPSA) is 59.1 Å². The van der Waals surface area contributed by atoms with E-state index in [1.54, 1.807) is 0 Å². The maximum absolute atomic E-state index is 12.2. The summed E-state index contributed by atoms with van der Waals surface area (Å²) in [5.41, 5.74) is 2.48. The third kappa shape index (κ3) is 2.92. The van der Waals surface area contributed by atoms with Crippen LogP contribution in [0.4, 0.5) is 0 Å². The molecule has 1 heterocycles. The lowest BCUT2D eigenvalue weighted by atomic mass is 9.78. The molecule has 7 heteroatoms. The summed E-state index contributed by atoms with van der Waals surface area (Å²) in [5.74, 6) is 0.215. The van der Waals surface area contributed by atoms with Gasteiger partial charge in [-0.05, 0) is 23.6 Å². The van der Waals surface area contributed by atoms with Crippen LogP contribution in [-0.2, 0) is 16.4 Å². The van der Waals surface area contributed by atoms with Gasteiger partial charge in [0, 0.05) is 18.7 Å². The highest BCUT2D eigenvalue weighted by Crippen LogP contribution is 2.34. The molecule has 2 aromatic rings. The van der Waals surface area contributed by atoms with Crippen molar-refractivity contribution in [1.29, 1.82) is 0 Å². The number of hydrogen-bond donors (Lipinski definition) is 1. The van der Waals surface area contributed by atoms with Crippen LogP contribution in [0.25, 0.3) is 0 Å². The fraction of sp³-hybridized carbons (Fsp3) is 0.214. The molecule has 0 saturated carbocycles. The van der Waals surface area contributed by atoms with E-state index < -0.39 is 10.0 Å². The third-order valence-electron chi connectivity index (χ3n) is 3.56. The number of sulfonamides is 1. The van der Waals surface area contributed by atoms with E-state index in [9.17, 15) is 8.42 Å². The van der Waals surface area contributed by atoms with Crippen LogP contribution in [0.5, 0.6) is 0 Å². The standard InChI is InChI=1S/C14H12Cl2N2O2S/c15-13-6-11(8-17-14(13)16)21(19,20)18-7-10-5-9-3-1-2-4-12(9)10/h1-4,6,8,10,18H,5,7H2. The van der Waals surface area contributed by atoms with Crippen molar-refractivity contribution in [2.75, 3.05) is 6.54 Å². The van der Waals surface area contributed by atoms with Gasteiger partial charge in [0.2, 0.25) is 10.0 Å². The molecule has 0 aliphatic heterocycles. The van der Waals surface area contributed by atoms with Crippen LogP contribution in [-0.4, -0.2) is 19.9 Å². The lowest BCUT2D eigenvalue weighted by molar-refractivity contribution is 0.552. The summed E-state index contributed by atoms with van der Waals surface area (Å²) < 4.78 is 27.0. The van der Waals surface area contributed by atoms with Crippen LogP contribution in [0.15, 0.2) is 41.4 Å². The lowest BCUT2D eigenvalue weighted by Crippen LogP contribution is -2.33. The number of nitrogens with zero attached hydrogens (tertiary/aromatic N) is 1. The van der Waals surface area contributed by atoms with Gasteiger partial charge in [-0.15, -0.1) is 0 Å². The lowest BCUT2D eigenvalue weighted by Gasteiger charge is -2.30. The highest BCUT2D eigenvalue weighted by atomic mass is 35.5. The molecule has 110 valence electrons. The fourth-order valence-corrected chi connectivity index (χ4v) is 3.78. The van der Waals surface area contributed by atoms with Crippen molar-refractivity contribution in [2.45, 2.75) is 17.2 Å². The molecular weight excluding hydrogens is 331 g/mol. The molecule has 0 bridgehead atoms.